The van der Waals surface area contributed by atoms with Gasteiger partial charge >= 0.3 is 7.60 Å². The Hall–Kier alpha value is -3.70. The van der Waals surface area contributed by atoms with Gasteiger partial charge in [-0.2, -0.15) is 4.98 Å². The lowest BCUT2D eigenvalue weighted by Crippen LogP contribution is -2.15. The first-order valence-electron chi connectivity index (χ1n) is 11.3. The largest absolute Gasteiger partial charge is 0.379 e. The lowest BCUT2D eigenvalue weighted by atomic mass is 10.1. The molecule has 0 radical (unpaired) electrons. The topological polar surface area (TPSA) is 151 Å². The number of nitrogens with zero attached hydrogens (tertiary/aromatic N) is 3. The molecule has 0 saturated carbocycles. The number of anilines is 1. The van der Waals surface area contributed by atoms with Crippen molar-refractivity contribution in [3.8, 4) is 0 Å². The molecule has 0 aliphatic heterocycles. The third kappa shape index (κ3) is 7.17. The highest BCUT2D eigenvalue weighted by Crippen LogP contribution is 2.48. The molecule has 0 bridgehead atoms. The first kappa shape index (κ1) is 26.4. The second-order valence-electron chi connectivity index (χ2n) is 7.97. The van der Waals surface area contributed by atoms with Crippen LogP contribution >= 0.6 is 7.60 Å². The minimum atomic E-state index is -3.73. The van der Waals surface area contributed by atoms with Crippen molar-refractivity contribution in [3.63, 3.8) is 0 Å². The molecule has 37 heavy (non-hydrogen) atoms. The number of nitrogen functional groups attached to an aromatic ring is 1. The van der Waals surface area contributed by atoms with E-state index in [0.29, 0.717) is 12.2 Å². The van der Waals surface area contributed by atoms with Crippen LogP contribution in [0.25, 0.3) is 11.2 Å². The maximum absolute atomic E-state index is 13.4. The zero-order chi connectivity index (χ0) is 26.3. The van der Waals surface area contributed by atoms with Gasteiger partial charge in [0.25, 0.3) is 5.56 Å². The first-order valence-corrected chi connectivity index (χ1v) is 13.0. The van der Waals surface area contributed by atoms with Crippen LogP contribution in [0.3, 0.4) is 0 Å². The number of H-pyrrole nitrogens is 1. The van der Waals surface area contributed by atoms with Crippen molar-refractivity contribution in [1.29, 1.82) is 0 Å². The van der Waals surface area contributed by atoms with E-state index in [9.17, 15) is 18.5 Å². The molecule has 0 fully saturated rings. The van der Waals surface area contributed by atoms with E-state index in [1.807, 2.05) is 30.3 Å². The Balaban J connectivity index is 1.33. The zero-order valence-electron chi connectivity index (χ0n) is 19.7. The molecule has 11 nitrogen and oxygen atoms in total. The summed E-state index contributed by atoms with van der Waals surface area (Å²) >= 11 is 0. The minimum absolute atomic E-state index is 0.0135. The second kappa shape index (κ2) is 12.0. The standard InChI is InChI=1S/C24H25FN5O6P/c25-19-8-6-18(7-9-19)20(31)15-36-37(33,35-14-17-4-2-1-3-5-17)13-12-34-11-10-30-16-27-21-22(30)28-24(26)29-23(21)32/h1-9,16H,10-15H2,(H3,26,28,29,32). The molecular weight excluding hydrogens is 504 g/mol. The number of fused-ring (bicyclic) bond motifs is 1. The van der Waals surface area contributed by atoms with Gasteiger partial charge < -0.3 is 24.1 Å². The van der Waals surface area contributed by atoms with Crippen molar-refractivity contribution in [2.24, 2.45) is 0 Å². The van der Waals surface area contributed by atoms with Gasteiger partial charge in [-0.3, -0.25) is 19.1 Å². The average Bonchev–Trinajstić information content (AvgIpc) is 3.30. The molecule has 194 valence electrons. The molecule has 2 heterocycles. The predicted octanol–water partition coefficient (Wildman–Crippen LogP) is 3.17. The fourth-order valence-corrected chi connectivity index (χ4v) is 4.71. The Kier molecular flexibility index (Phi) is 8.57. The number of carbonyl (C=O) groups excluding carboxylic acids is 1. The molecule has 2 aromatic heterocycles. The van der Waals surface area contributed by atoms with Crippen LogP contribution in [-0.2, 0) is 31.5 Å². The summed E-state index contributed by atoms with van der Waals surface area (Å²) < 4.78 is 44.9. The Morgan fingerprint density at radius 3 is 2.59 bits per heavy atom. The number of benzene rings is 2. The summed E-state index contributed by atoms with van der Waals surface area (Å²) in [4.78, 5) is 34.8. The highest BCUT2D eigenvalue weighted by molar-refractivity contribution is 7.53. The van der Waals surface area contributed by atoms with Gasteiger partial charge in [0, 0.05) is 12.1 Å². The van der Waals surface area contributed by atoms with Crippen molar-refractivity contribution in [3.05, 3.63) is 88.2 Å². The van der Waals surface area contributed by atoms with Crippen LogP contribution in [0.4, 0.5) is 10.3 Å². The number of rotatable bonds is 13. The Bertz CT molecular complexity index is 1460. The number of Topliss-reactive ketones (excluding diaryl/α,β-unsaturated/α-hetero) is 1. The van der Waals surface area contributed by atoms with Crippen molar-refractivity contribution in [2.45, 2.75) is 13.2 Å². The average molecular weight is 529 g/mol. The highest BCUT2D eigenvalue weighted by atomic mass is 31.2. The molecule has 0 aliphatic rings. The van der Waals surface area contributed by atoms with Crippen LogP contribution < -0.4 is 11.3 Å². The van der Waals surface area contributed by atoms with E-state index in [1.54, 1.807) is 4.57 Å². The maximum Gasteiger partial charge on any atom is 0.333 e. The zero-order valence-corrected chi connectivity index (χ0v) is 20.6. The van der Waals surface area contributed by atoms with E-state index in [4.69, 9.17) is 19.5 Å². The Morgan fingerprint density at radius 1 is 1.08 bits per heavy atom. The Labute approximate surface area is 210 Å². The van der Waals surface area contributed by atoms with Gasteiger partial charge in [-0.25, -0.2) is 9.37 Å². The molecule has 13 heteroatoms. The minimum Gasteiger partial charge on any atom is -0.379 e. The number of hydrogen-bond acceptors (Lipinski definition) is 9. The summed E-state index contributed by atoms with van der Waals surface area (Å²) in [6.07, 6.45) is 1.35. The molecule has 0 saturated heterocycles. The lowest BCUT2D eigenvalue weighted by Gasteiger charge is -2.18. The van der Waals surface area contributed by atoms with Crippen molar-refractivity contribution in [1.82, 2.24) is 19.5 Å². The monoisotopic (exact) mass is 529 g/mol. The van der Waals surface area contributed by atoms with Gasteiger partial charge in [-0.05, 0) is 29.8 Å². The van der Waals surface area contributed by atoms with Crippen LogP contribution in [0.5, 0.6) is 0 Å². The third-order valence-corrected chi connectivity index (χ3v) is 7.08. The van der Waals surface area contributed by atoms with E-state index < -0.39 is 31.4 Å². The number of imidazole rings is 1. The number of nitrogens with two attached hydrogens (primary N) is 1. The van der Waals surface area contributed by atoms with Crippen molar-refractivity contribution >= 4 is 30.5 Å². The lowest BCUT2D eigenvalue weighted by molar-refractivity contribution is 0.0885. The number of aromatic nitrogens is 4. The number of carbonyl (C=O) groups is 1. The van der Waals surface area contributed by atoms with Gasteiger partial charge in [0.2, 0.25) is 5.95 Å². The summed E-state index contributed by atoms with van der Waals surface area (Å²) in [6.45, 7) is 0.0317. The molecule has 0 aliphatic carbocycles. The summed E-state index contributed by atoms with van der Waals surface area (Å²) in [6, 6.07) is 14.1. The normalized spacial score (nSPS) is 13.0. The van der Waals surface area contributed by atoms with Crippen LogP contribution in [0.15, 0.2) is 65.7 Å². The van der Waals surface area contributed by atoms with E-state index in [0.717, 1.165) is 17.7 Å². The SMILES string of the molecule is Nc1nc2c(ncn2CCOCCP(=O)(OCC(=O)c2ccc(F)cc2)OCc2ccccc2)c(=O)[nH]1. The fourth-order valence-electron chi connectivity index (χ4n) is 3.37. The molecule has 4 aromatic rings. The van der Waals surface area contributed by atoms with Crippen LogP contribution in [-0.4, -0.2) is 51.3 Å². The number of nitrogens with one attached hydrogen (secondary N) is 1. The van der Waals surface area contributed by atoms with Crippen LogP contribution in [0.1, 0.15) is 15.9 Å². The number of ketones is 1. The van der Waals surface area contributed by atoms with Crippen molar-refractivity contribution < 1.29 is 27.5 Å². The smallest absolute Gasteiger partial charge is 0.333 e. The van der Waals surface area contributed by atoms with Gasteiger partial charge in [-0.1, -0.05) is 30.3 Å². The second-order valence-corrected chi connectivity index (χ2v) is 10.2. The summed E-state index contributed by atoms with van der Waals surface area (Å²) in [5.74, 6) is -0.955. The third-order valence-electron chi connectivity index (χ3n) is 5.31. The summed E-state index contributed by atoms with van der Waals surface area (Å²) in [7, 11) is -3.73. The molecule has 0 amide bonds. The molecule has 2 aromatic carbocycles. The number of ether oxygens (including phenoxy) is 1. The predicted molar refractivity (Wildman–Crippen MR) is 134 cm³/mol. The van der Waals surface area contributed by atoms with Gasteiger partial charge in [0.15, 0.2) is 16.9 Å². The van der Waals surface area contributed by atoms with Gasteiger partial charge in [-0.15, -0.1) is 0 Å². The number of halogens is 1. The van der Waals surface area contributed by atoms with E-state index >= 15 is 0 Å². The van der Waals surface area contributed by atoms with Crippen LogP contribution in [0, 0.1) is 5.82 Å². The summed E-state index contributed by atoms with van der Waals surface area (Å²) in [5.41, 5.74) is 6.66. The molecular formula is C24H25FN5O6P. The van der Waals surface area contributed by atoms with E-state index in [2.05, 4.69) is 15.0 Å². The molecule has 0 spiro atoms. The molecule has 4 rings (SSSR count). The van der Waals surface area contributed by atoms with Crippen LogP contribution in [0.2, 0.25) is 0 Å². The number of aromatic amines is 1. The Morgan fingerprint density at radius 2 is 1.84 bits per heavy atom. The van der Waals surface area contributed by atoms with Crippen molar-refractivity contribution in [2.75, 3.05) is 31.7 Å². The first-order chi connectivity index (χ1) is 17.8. The molecule has 1 unspecified atom stereocenters. The quantitative estimate of drug-likeness (QED) is 0.151. The highest BCUT2D eigenvalue weighted by Gasteiger charge is 2.26. The van der Waals surface area contributed by atoms with Gasteiger partial charge in [0.05, 0.1) is 32.3 Å². The molecule has 1 atom stereocenters. The summed E-state index contributed by atoms with van der Waals surface area (Å²) in [5, 5.41) is 0. The van der Waals surface area contributed by atoms with E-state index in [-0.39, 0.29) is 43.0 Å². The molecule has 3 N–H and O–H groups in total. The number of hydrogen-bond donors (Lipinski definition) is 2. The van der Waals surface area contributed by atoms with Gasteiger partial charge in [0.1, 0.15) is 12.4 Å². The van der Waals surface area contributed by atoms with E-state index in [1.165, 1.54) is 18.5 Å². The fraction of sp³-hybridized carbons (Fsp3) is 0.250. The maximum atomic E-state index is 13.4.